The molecule has 0 saturated heterocycles. The van der Waals surface area contributed by atoms with E-state index in [9.17, 15) is 9.90 Å². The van der Waals surface area contributed by atoms with E-state index in [0.717, 1.165) is 113 Å². The maximum atomic E-state index is 11.2. The summed E-state index contributed by atoms with van der Waals surface area (Å²) >= 11 is 6.37. The zero-order valence-electron chi connectivity index (χ0n) is 41.1. The molecule has 1 amide bonds. The Balaban J connectivity index is 0.000000123. The number of phenols is 1. The van der Waals surface area contributed by atoms with Gasteiger partial charge in [0, 0.05) is 99.2 Å². The molecule has 0 spiro atoms. The lowest BCUT2D eigenvalue weighted by atomic mass is 10.2. The minimum absolute atomic E-state index is 0.265. The molecule has 0 aliphatic heterocycles. The smallest absolute Gasteiger partial charge is 0.248 e. The Morgan fingerprint density at radius 1 is 0.427 bits per heavy atom. The number of nitrogen functional groups attached to an aromatic ring is 1. The van der Waals surface area contributed by atoms with Gasteiger partial charge in [0.05, 0.1) is 40.9 Å². The van der Waals surface area contributed by atoms with Crippen molar-refractivity contribution in [2.45, 2.75) is 0 Å². The second kappa shape index (κ2) is 23.3. The molecule has 10 N–H and O–H groups in total. The molecule has 0 aliphatic rings. The van der Waals surface area contributed by atoms with Crippen molar-refractivity contribution in [3.8, 4) is 48.0 Å². The van der Waals surface area contributed by atoms with Gasteiger partial charge in [-0.3, -0.25) is 4.79 Å². The Bertz CT molecular complexity index is 3760. The van der Waals surface area contributed by atoms with Crippen LogP contribution in [0.15, 0.2) is 146 Å². The predicted molar refractivity (Wildman–Crippen MR) is 314 cm³/mol. The van der Waals surface area contributed by atoms with Gasteiger partial charge in [0.15, 0.2) is 0 Å². The van der Waals surface area contributed by atoms with Crippen LogP contribution in [-0.4, -0.2) is 86.1 Å². The van der Waals surface area contributed by atoms with Crippen molar-refractivity contribution in [2.75, 3.05) is 67.6 Å². The van der Waals surface area contributed by atoms with Gasteiger partial charge in [0.2, 0.25) is 5.91 Å². The van der Waals surface area contributed by atoms with Crippen molar-refractivity contribution in [3.05, 3.63) is 152 Å². The van der Waals surface area contributed by atoms with Crippen LogP contribution < -0.4 is 38.1 Å². The van der Waals surface area contributed by atoms with Crippen LogP contribution in [0.5, 0.6) is 5.75 Å². The minimum atomic E-state index is -0.429. The van der Waals surface area contributed by atoms with Gasteiger partial charge < -0.3 is 43.2 Å². The normalized spacial score (nSPS) is 10.7. The highest BCUT2D eigenvalue weighted by Crippen LogP contribution is 2.35. The minimum Gasteiger partial charge on any atom is -0.508 e. The SMILES string of the molecule is CNc1ccc(-c2nc3ccc(C(N)=O)cc3s2)cn1.CNc1ccc(-c2nc3ccc(N)cc3s2)cn1.CNc1ccc(-c2nc3ccc(O)cc3s2)cn1.CNc1ccc2nc(-c3ccc(NC)nc3)sc2c1. The Kier molecular flexibility index (Phi) is 15.9. The first kappa shape index (κ1) is 51.0. The maximum absolute atomic E-state index is 11.2. The van der Waals surface area contributed by atoms with Crippen LogP contribution in [0.2, 0.25) is 0 Å². The molecule has 8 aromatic heterocycles. The third-order valence-corrected chi connectivity index (χ3v) is 15.5. The highest BCUT2D eigenvalue weighted by Gasteiger charge is 2.12. The number of aromatic hydroxyl groups is 1. The Morgan fingerprint density at radius 2 is 0.787 bits per heavy atom. The van der Waals surface area contributed by atoms with Gasteiger partial charge >= 0.3 is 0 Å². The summed E-state index contributed by atoms with van der Waals surface area (Å²) in [4.78, 5) is 46.6. The Hall–Kier alpha value is -8.89. The number of nitrogens with zero attached hydrogens (tertiary/aromatic N) is 8. The molecule has 0 unspecified atom stereocenters. The number of benzene rings is 4. The molecule has 8 heterocycles. The largest absolute Gasteiger partial charge is 0.508 e. The second-order valence-corrected chi connectivity index (χ2v) is 20.3. The van der Waals surface area contributed by atoms with E-state index in [1.807, 2.05) is 139 Å². The summed E-state index contributed by atoms with van der Waals surface area (Å²) < 4.78 is 4.19. The maximum Gasteiger partial charge on any atom is 0.248 e. The van der Waals surface area contributed by atoms with Gasteiger partial charge in [-0.2, -0.15) is 0 Å². The molecule has 376 valence electrons. The summed E-state index contributed by atoms with van der Waals surface area (Å²) in [7, 11) is 9.29. The summed E-state index contributed by atoms with van der Waals surface area (Å²) in [6, 6.07) is 38.1. The number of thiazole rings is 4. The number of aromatic nitrogens is 8. The highest BCUT2D eigenvalue weighted by atomic mass is 32.1. The number of carbonyl (C=O) groups is 1. The number of hydrogen-bond acceptors (Lipinski definition) is 20. The molecule has 0 aliphatic carbocycles. The zero-order valence-corrected chi connectivity index (χ0v) is 44.3. The lowest BCUT2D eigenvalue weighted by molar-refractivity contribution is 0.100. The summed E-state index contributed by atoms with van der Waals surface area (Å²) in [6.07, 6.45) is 7.25. The van der Waals surface area contributed by atoms with Gasteiger partial charge in [0.1, 0.15) is 49.1 Å². The summed E-state index contributed by atoms with van der Waals surface area (Å²) in [5.74, 6) is 3.19. The van der Waals surface area contributed by atoms with Gasteiger partial charge in [-0.15, -0.1) is 45.3 Å². The standard InChI is InChI=1S/C14H12N4OS.C14H14N4S.C13H12N4S.C13H11N3OS/c1-16-12-5-3-9(7-17-12)14-18-10-4-2-8(13(15)19)6-11(10)20-14;1-15-10-4-5-11-12(7-10)19-14(18-11)9-3-6-13(16-2)17-8-9;1-15-12-5-2-8(7-16-12)13-17-10-4-3-9(14)6-11(10)18-13;1-14-12-5-2-8(7-15-12)13-16-10-4-3-9(17)6-11(10)18-13/h2-7H,1H3,(H2,15,19)(H,16,17);3-8,15H,1-2H3,(H,16,17);2-7H,14H2,1H3,(H,15,16);2-7,17H,1H3,(H,14,15). The molecule has 4 aromatic carbocycles. The van der Waals surface area contributed by atoms with Gasteiger partial charge in [-0.05, 0) is 121 Å². The van der Waals surface area contributed by atoms with Crippen molar-refractivity contribution in [3.63, 3.8) is 0 Å². The van der Waals surface area contributed by atoms with Crippen molar-refractivity contribution in [1.82, 2.24) is 39.9 Å². The molecule has 75 heavy (non-hydrogen) atoms. The number of nitrogens with one attached hydrogen (secondary N) is 5. The molecular formula is C54H49N15O2S4. The third kappa shape index (κ3) is 12.3. The molecule has 12 rings (SSSR count). The van der Waals surface area contributed by atoms with Crippen LogP contribution in [0, 0.1) is 0 Å². The van der Waals surface area contributed by atoms with Crippen LogP contribution in [0.3, 0.4) is 0 Å². The monoisotopic (exact) mass is 1070 g/mol. The number of rotatable bonds is 10. The van der Waals surface area contributed by atoms with Crippen molar-refractivity contribution < 1.29 is 9.90 Å². The third-order valence-electron chi connectivity index (χ3n) is 11.2. The molecule has 0 fully saturated rings. The first-order chi connectivity index (χ1) is 36.5. The quantitative estimate of drug-likeness (QED) is 0.0593. The van der Waals surface area contributed by atoms with E-state index < -0.39 is 5.91 Å². The molecule has 0 saturated carbocycles. The van der Waals surface area contributed by atoms with Crippen LogP contribution in [0.25, 0.3) is 83.2 Å². The molecule has 12 aromatic rings. The number of primary amides is 1. The average molecular weight is 1070 g/mol. The zero-order chi connectivity index (χ0) is 52.4. The first-order valence-corrected chi connectivity index (χ1v) is 26.4. The van der Waals surface area contributed by atoms with Crippen molar-refractivity contribution in [2.24, 2.45) is 5.73 Å². The number of anilines is 6. The molecule has 0 radical (unpaired) electrons. The van der Waals surface area contributed by atoms with E-state index in [1.165, 1.54) is 16.0 Å². The van der Waals surface area contributed by atoms with E-state index in [1.54, 1.807) is 70.7 Å². The van der Waals surface area contributed by atoms with Crippen LogP contribution in [0.4, 0.5) is 34.6 Å². The number of nitrogens with two attached hydrogens (primary N) is 2. The highest BCUT2D eigenvalue weighted by molar-refractivity contribution is 7.22. The Labute approximate surface area is 446 Å². The average Bonchev–Trinajstić information content (AvgIpc) is 4.29. The fraction of sp³-hybridized carbons (Fsp3) is 0.0926. The number of hydrogen-bond donors (Lipinski definition) is 8. The number of carbonyl (C=O) groups excluding carboxylic acids is 1. The fourth-order valence-electron chi connectivity index (χ4n) is 7.18. The topological polar surface area (TPSA) is 253 Å². The molecular weight excluding hydrogens is 1020 g/mol. The lowest BCUT2D eigenvalue weighted by Crippen LogP contribution is -2.10. The van der Waals surface area contributed by atoms with Gasteiger partial charge in [0.25, 0.3) is 0 Å². The van der Waals surface area contributed by atoms with Crippen LogP contribution in [-0.2, 0) is 0 Å². The van der Waals surface area contributed by atoms with Gasteiger partial charge in [-0.1, -0.05) is 0 Å². The second-order valence-electron chi connectivity index (χ2n) is 16.2. The summed E-state index contributed by atoms with van der Waals surface area (Å²) in [5.41, 5.74) is 21.2. The number of phenolic OH excluding ortho intramolecular Hbond substituents is 1. The van der Waals surface area contributed by atoms with Crippen molar-refractivity contribution in [1.29, 1.82) is 0 Å². The number of amides is 1. The van der Waals surface area contributed by atoms with E-state index in [2.05, 4.69) is 72.5 Å². The van der Waals surface area contributed by atoms with E-state index >= 15 is 0 Å². The van der Waals surface area contributed by atoms with Crippen LogP contribution >= 0.6 is 45.3 Å². The van der Waals surface area contributed by atoms with Crippen LogP contribution in [0.1, 0.15) is 10.4 Å². The number of pyridine rings is 4. The summed E-state index contributed by atoms with van der Waals surface area (Å²) in [5, 5.41) is 28.3. The van der Waals surface area contributed by atoms with E-state index in [4.69, 9.17) is 11.5 Å². The number of fused-ring (bicyclic) bond motifs is 4. The Morgan fingerprint density at radius 3 is 1.16 bits per heavy atom. The molecule has 0 atom stereocenters. The van der Waals surface area contributed by atoms with Gasteiger partial charge in [-0.25, -0.2) is 39.9 Å². The first-order valence-electron chi connectivity index (χ1n) is 23.1. The van der Waals surface area contributed by atoms with Crippen molar-refractivity contribution >= 4 is 127 Å². The van der Waals surface area contributed by atoms with E-state index in [0.29, 0.717) is 5.56 Å². The van der Waals surface area contributed by atoms with E-state index in [-0.39, 0.29) is 5.75 Å². The summed E-state index contributed by atoms with van der Waals surface area (Å²) in [6.45, 7) is 0. The molecule has 21 heteroatoms. The lowest BCUT2D eigenvalue weighted by Gasteiger charge is -1.99. The fourth-order valence-corrected chi connectivity index (χ4v) is 11.2. The predicted octanol–water partition coefficient (Wildman–Crippen LogP) is 12.0. The molecule has 0 bridgehead atoms. The molecule has 17 nitrogen and oxygen atoms in total.